The van der Waals surface area contributed by atoms with E-state index >= 15 is 0 Å². The number of nitrogens with one attached hydrogen (secondary N) is 2. The van der Waals surface area contributed by atoms with Crippen LogP contribution in [0.3, 0.4) is 0 Å². The monoisotopic (exact) mass is 340 g/mol. The molecule has 0 aliphatic carbocycles. The maximum atomic E-state index is 12.3. The Morgan fingerprint density at radius 3 is 2.96 bits per heavy atom. The zero-order valence-corrected chi connectivity index (χ0v) is 14.5. The van der Waals surface area contributed by atoms with Gasteiger partial charge in [0.25, 0.3) is 5.91 Å². The second-order valence-corrected chi connectivity index (χ2v) is 6.15. The van der Waals surface area contributed by atoms with E-state index in [4.69, 9.17) is 21.1 Å². The van der Waals surface area contributed by atoms with E-state index in [0.29, 0.717) is 41.2 Å². The zero-order chi connectivity index (χ0) is 16.7. The highest BCUT2D eigenvalue weighted by molar-refractivity contribution is 6.32. The van der Waals surface area contributed by atoms with Crippen LogP contribution in [0.2, 0.25) is 5.02 Å². The van der Waals surface area contributed by atoms with E-state index in [9.17, 15) is 4.79 Å². The van der Waals surface area contributed by atoms with Crippen molar-refractivity contribution in [2.45, 2.75) is 26.2 Å². The highest BCUT2D eigenvalue weighted by Crippen LogP contribution is 2.36. The van der Waals surface area contributed by atoms with Crippen molar-refractivity contribution in [3.8, 4) is 11.5 Å². The van der Waals surface area contributed by atoms with Crippen LogP contribution in [-0.2, 0) is 0 Å². The molecule has 0 aromatic heterocycles. The first kappa shape index (κ1) is 17.9. The quantitative estimate of drug-likeness (QED) is 0.764. The first-order valence-corrected chi connectivity index (χ1v) is 8.52. The van der Waals surface area contributed by atoms with Crippen LogP contribution in [0.15, 0.2) is 12.1 Å². The summed E-state index contributed by atoms with van der Waals surface area (Å²) in [5.74, 6) is 1.48. The topological polar surface area (TPSA) is 59.6 Å². The van der Waals surface area contributed by atoms with Crippen LogP contribution < -0.4 is 20.1 Å². The summed E-state index contributed by atoms with van der Waals surface area (Å²) in [6.45, 7) is 5.35. The molecule has 1 fully saturated rings. The van der Waals surface area contributed by atoms with Crippen molar-refractivity contribution in [2.75, 3.05) is 33.4 Å². The molecule has 6 heteroatoms. The minimum atomic E-state index is -0.141. The number of halogens is 1. The lowest BCUT2D eigenvalue weighted by Gasteiger charge is -2.14. The highest BCUT2D eigenvalue weighted by Gasteiger charge is 2.17. The predicted molar refractivity (Wildman–Crippen MR) is 91.7 cm³/mol. The van der Waals surface area contributed by atoms with Crippen molar-refractivity contribution >= 4 is 17.5 Å². The van der Waals surface area contributed by atoms with Gasteiger partial charge < -0.3 is 20.1 Å². The van der Waals surface area contributed by atoms with Gasteiger partial charge in [-0.05, 0) is 50.4 Å². The third-order valence-corrected chi connectivity index (χ3v) is 4.22. The Bertz CT molecular complexity index is 531. The van der Waals surface area contributed by atoms with Gasteiger partial charge in [0.2, 0.25) is 0 Å². The fourth-order valence-corrected chi connectivity index (χ4v) is 2.91. The van der Waals surface area contributed by atoms with Gasteiger partial charge in [-0.25, -0.2) is 0 Å². The third kappa shape index (κ3) is 5.01. The maximum absolute atomic E-state index is 12.3. The zero-order valence-electron chi connectivity index (χ0n) is 13.8. The Hall–Kier alpha value is -1.46. The lowest BCUT2D eigenvalue weighted by molar-refractivity contribution is 0.0951. The van der Waals surface area contributed by atoms with Crippen LogP contribution in [0.25, 0.3) is 0 Å². The Labute approximate surface area is 142 Å². The van der Waals surface area contributed by atoms with Crippen molar-refractivity contribution in [1.82, 2.24) is 10.6 Å². The predicted octanol–water partition coefficient (Wildman–Crippen LogP) is 2.87. The summed E-state index contributed by atoms with van der Waals surface area (Å²) in [4.78, 5) is 12.3. The Morgan fingerprint density at radius 1 is 1.48 bits per heavy atom. The summed E-state index contributed by atoms with van der Waals surface area (Å²) >= 11 is 6.24. The minimum Gasteiger partial charge on any atom is -0.493 e. The van der Waals surface area contributed by atoms with Gasteiger partial charge in [0.1, 0.15) is 0 Å². The summed E-state index contributed by atoms with van der Waals surface area (Å²) in [5.41, 5.74) is 0.486. The number of carbonyl (C=O) groups is 1. The van der Waals surface area contributed by atoms with Gasteiger partial charge >= 0.3 is 0 Å². The molecule has 23 heavy (non-hydrogen) atoms. The van der Waals surface area contributed by atoms with Gasteiger partial charge in [-0.15, -0.1) is 0 Å². The molecule has 1 unspecified atom stereocenters. The van der Waals surface area contributed by atoms with Crippen molar-refractivity contribution in [2.24, 2.45) is 5.92 Å². The van der Waals surface area contributed by atoms with E-state index < -0.39 is 0 Å². The van der Waals surface area contributed by atoms with Crippen LogP contribution in [0.5, 0.6) is 11.5 Å². The van der Waals surface area contributed by atoms with Crippen LogP contribution in [0, 0.1) is 5.92 Å². The van der Waals surface area contributed by atoms with Gasteiger partial charge in [0, 0.05) is 12.1 Å². The molecule has 128 valence electrons. The average Bonchev–Trinajstić information content (AvgIpc) is 3.06. The molecule has 1 aliphatic rings. The van der Waals surface area contributed by atoms with E-state index in [1.165, 1.54) is 6.42 Å². The number of methoxy groups -OCH3 is 1. The molecule has 1 aromatic rings. The number of carbonyl (C=O) groups excluding carboxylic acids is 1. The molecule has 0 spiro atoms. The van der Waals surface area contributed by atoms with Crippen molar-refractivity contribution in [3.05, 3.63) is 22.7 Å². The van der Waals surface area contributed by atoms with E-state index in [-0.39, 0.29) is 5.91 Å². The van der Waals surface area contributed by atoms with Gasteiger partial charge in [-0.3, -0.25) is 4.79 Å². The maximum Gasteiger partial charge on any atom is 0.251 e. The van der Waals surface area contributed by atoms with Crippen molar-refractivity contribution < 1.29 is 14.3 Å². The second kappa shape index (κ2) is 8.99. The largest absolute Gasteiger partial charge is 0.493 e. The molecule has 1 atom stereocenters. The van der Waals surface area contributed by atoms with Gasteiger partial charge in [0.05, 0.1) is 18.7 Å². The molecular weight excluding hydrogens is 316 g/mol. The van der Waals surface area contributed by atoms with Crippen LogP contribution in [0.4, 0.5) is 0 Å². The first-order chi connectivity index (χ1) is 11.2. The number of hydrogen-bond donors (Lipinski definition) is 2. The smallest absolute Gasteiger partial charge is 0.251 e. The number of amides is 1. The van der Waals surface area contributed by atoms with Crippen molar-refractivity contribution in [3.63, 3.8) is 0 Å². The highest BCUT2D eigenvalue weighted by atomic mass is 35.5. The molecule has 1 amide bonds. The fraction of sp³-hybridized carbons (Fsp3) is 0.588. The van der Waals surface area contributed by atoms with Crippen LogP contribution >= 0.6 is 11.6 Å². The number of rotatable bonds is 8. The summed E-state index contributed by atoms with van der Waals surface area (Å²) in [6.07, 6.45) is 3.04. The van der Waals surface area contributed by atoms with E-state index in [1.54, 1.807) is 19.2 Å². The molecule has 0 radical (unpaired) electrons. The van der Waals surface area contributed by atoms with E-state index in [2.05, 4.69) is 10.6 Å². The van der Waals surface area contributed by atoms with E-state index in [0.717, 1.165) is 25.9 Å². The number of benzene rings is 1. The lowest BCUT2D eigenvalue weighted by Crippen LogP contribution is -2.26. The molecule has 5 nitrogen and oxygen atoms in total. The Morgan fingerprint density at radius 2 is 2.30 bits per heavy atom. The molecule has 1 saturated heterocycles. The third-order valence-electron chi connectivity index (χ3n) is 3.94. The Kier molecular flexibility index (Phi) is 6.99. The SMILES string of the molecule is CCCOc1c(Cl)cc(C(=O)NCCC2CCNC2)cc1OC. The number of hydrogen-bond acceptors (Lipinski definition) is 4. The van der Waals surface area contributed by atoms with Crippen molar-refractivity contribution in [1.29, 1.82) is 0 Å². The van der Waals surface area contributed by atoms with E-state index in [1.807, 2.05) is 6.92 Å². The molecule has 2 rings (SSSR count). The normalized spacial score (nSPS) is 17.1. The lowest BCUT2D eigenvalue weighted by atomic mass is 10.1. The minimum absolute atomic E-state index is 0.141. The number of ether oxygens (including phenoxy) is 2. The molecule has 2 N–H and O–H groups in total. The molecule has 1 aromatic carbocycles. The second-order valence-electron chi connectivity index (χ2n) is 5.74. The standard InChI is InChI=1S/C17H25ClN2O3/c1-3-8-23-16-14(18)9-13(10-15(16)22-2)17(21)20-7-5-12-4-6-19-11-12/h9-10,12,19H,3-8,11H2,1-2H3,(H,20,21). The van der Waals surface area contributed by atoms with Gasteiger partial charge in [0.15, 0.2) is 11.5 Å². The van der Waals surface area contributed by atoms with Crippen LogP contribution in [0.1, 0.15) is 36.5 Å². The Balaban J connectivity index is 1.97. The fourth-order valence-electron chi connectivity index (χ4n) is 2.65. The summed E-state index contributed by atoms with van der Waals surface area (Å²) in [7, 11) is 1.54. The molecule has 0 bridgehead atoms. The van der Waals surface area contributed by atoms with Crippen LogP contribution in [-0.4, -0.2) is 39.3 Å². The summed E-state index contributed by atoms with van der Waals surface area (Å²) < 4.78 is 10.9. The molecular formula is C17H25ClN2O3. The summed E-state index contributed by atoms with van der Waals surface area (Å²) in [5, 5.41) is 6.66. The van der Waals surface area contributed by atoms with Gasteiger partial charge in [-0.2, -0.15) is 0 Å². The van der Waals surface area contributed by atoms with Gasteiger partial charge in [-0.1, -0.05) is 18.5 Å². The molecule has 1 aliphatic heterocycles. The molecule has 0 saturated carbocycles. The first-order valence-electron chi connectivity index (χ1n) is 8.15. The molecule has 1 heterocycles. The average molecular weight is 341 g/mol. The summed E-state index contributed by atoms with van der Waals surface area (Å²) in [6, 6.07) is 3.30.